The molecule has 1 aromatic heterocycles. The number of nitrogens with one attached hydrogen (secondary N) is 1. The van der Waals surface area contributed by atoms with Crippen LogP contribution in [0.25, 0.3) is 10.6 Å². The van der Waals surface area contributed by atoms with Crippen LogP contribution in [0, 0.1) is 0 Å². The first-order valence-electron chi connectivity index (χ1n) is 10.1. The lowest BCUT2D eigenvalue weighted by molar-refractivity contribution is -0.120. The topological polar surface area (TPSA) is 88.6 Å². The van der Waals surface area contributed by atoms with Crippen molar-refractivity contribution in [2.75, 3.05) is 26.3 Å². The average Bonchev–Trinajstić information content (AvgIpc) is 3.27. The summed E-state index contributed by atoms with van der Waals surface area (Å²) in [5.74, 6) is -0.236. The zero-order chi connectivity index (χ0) is 22.6. The van der Waals surface area contributed by atoms with Crippen molar-refractivity contribution >= 4 is 38.9 Å². The monoisotopic (exact) mass is 491 g/mol. The van der Waals surface area contributed by atoms with E-state index in [1.807, 2.05) is 23.6 Å². The van der Waals surface area contributed by atoms with Crippen LogP contribution >= 0.6 is 22.9 Å². The van der Waals surface area contributed by atoms with E-state index in [4.69, 9.17) is 16.3 Å². The van der Waals surface area contributed by atoms with Crippen LogP contribution in [-0.4, -0.2) is 49.9 Å². The maximum Gasteiger partial charge on any atom is 0.243 e. The second-order valence-electron chi connectivity index (χ2n) is 7.20. The van der Waals surface area contributed by atoms with Crippen LogP contribution in [0.15, 0.2) is 58.8 Å². The van der Waals surface area contributed by atoms with Crippen LogP contribution in [0.3, 0.4) is 0 Å². The summed E-state index contributed by atoms with van der Waals surface area (Å²) in [7, 11) is -3.65. The molecule has 2 heterocycles. The molecule has 0 radical (unpaired) electrons. The van der Waals surface area contributed by atoms with E-state index in [0.717, 1.165) is 10.6 Å². The van der Waals surface area contributed by atoms with E-state index in [0.29, 0.717) is 42.6 Å². The molecule has 0 atom stereocenters. The zero-order valence-corrected chi connectivity index (χ0v) is 19.5. The first-order chi connectivity index (χ1) is 15.4. The number of nitrogens with zero attached hydrogens (tertiary/aromatic N) is 2. The van der Waals surface area contributed by atoms with E-state index >= 15 is 0 Å². The number of halogens is 1. The number of carbonyl (C=O) groups excluding carboxylic acids is 1. The smallest absolute Gasteiger partial charge is 0.243 e. The highest BCUT2D eigenvalue weighted by Gasteiger charge is 2.28. The second-order valence-corrected chi connectivity index (χ2v) is 10.4. The third kappa shape index (κ3) is 5.19. The van der Waals surface area contributed by atoms with Crippen molar-refractivity contribution in [2.45, 2.75) is 17.9 Å². The van der Waals surface area contributed by atoms with Crippen LogP contribution in [0.5, 0.6) is 0 Å². The highest BCUT2D eigenvalue weighted by Crippen LogP contribution is 2.30. The minimum atomic E-state index is -3.65. The Labute approximate surface area is 196 Å². The van der Waals surface area contributed by atoms with Gasteiger partial charge in [0.15, 0.2) is 0 Å². The highest BCUT2D eigenvalue weighted by atomic mass is 35.5. The lowest BCUT2D eigenvalue weighted by Gasteiger charge is -2.27. The Balaban J connectivity index is 1.42. The summed E-state index contributed by atoms with van der Waals surface area (Å²) in [6.07, 6.45) is 0.0966. The summed E-state index contributed by atoms with van der Waals surface area (Å²) < 4.78 is 32.8. The van der Waals surface area contributed by atoms with Crippen molar-refractivity contribution in [3.8, 4) is 10.6 Å². The molecule has 1 amide bonds. The summed E-state index contributed by atoms with van der Waals surface area (Å²) in [5.41, 5.74) is 2.01. The average molecular weight is 492 g/mol. The molecule has 0 saturated carbocycles. The van der Waals surface area contributed by atoms with Gasteiger partial charge in [-0.05, 0) is 17.7 Å². The maximum absolute atomic E-state index is 13.0. The molecule has 7 nitrogen and oxygen atoms in total. The number of amides is 1. The molecule has 0 aliphatic carbocycles. The number of hydrogen-bond donors (Lipinski definition) is 1. The number of benzene rings is 2. The Bertz CT molecular complexity index is 1210. The van der Waals surface area contributed by atoms with Crippen LogP contribution < -0.4 is 5.32 Å². The Morgan fingerprint density at radius 2 is 1.84 bits per heavy atom. The van der Waals surface area contributed by atoms with Gasteiger partial charge in [0.25, 0.3) is 0 Å². The van der Waals surface area contributed by atoms with Gasteiger partial charge in [-0.1, -0.05) is 48.0 Å². The Hall–Kier alpha value is -2.30. The minimum absolute atomic E-state index is 0.0966. The molecule has 1 aliphatic rings. The number of morpholine rings is 1. The van der Waals surface area contributed by atoms with E-state index in [1.165, 1.54) is 15.6 Å². The van der Waals surface area contributed by atoms with Gasteiger partial charge in [-0.3, -0.25) is 4.79 Å². The number of sulfonamides is 1. The molecule has 1 aliphatic heterocycles. The maximum atomic E-state index is 13.0. The van der Waals surface area contributed by atoms with Crippen molar-refractivity contribution in [3.05, 3.63) is 70.2 Å². The highest BCUT2D eigenvalue weighted by molar-refractivity contribution is 7.89. The molecular formula is C22H22ClN3O4S2. The predicted octanol–water partition coefficient (Wildman–Crippen LogP) is 3.34. The van der Waals surface area contributed by atoms with E-state index in [2.05, 4.69) is 10.3 Å². The molecule has 0 unspecified atom stereocenters. The van der Waals surface area contributed by atoms with E-state index in [1.54, 1.807) is 30.3 Å². The lowest BCUT2D eigenvalue weighted by atomic mass is 10.2. The molecule has 2 aromatic carbocycles. The molecule has 1 saturated heterocycles. The van der Waals surface area contributed by atoms with Gasteiger partial charge in [0.1, 0.15) is 5.01 Å². The van der Waals surface area contributed by atoms with Gasteiger partial charge >= 0.3 is 0 Å². The molecule has 0 bridgehead atoms. The molecular weight excluding hydrogens is 470 g/mol. The summed E-state index contributed by atoms with van der Waals surface area (Å²) in [6, 6.07) is 14.2. The quantitative estimate of drug-likeness (QED) is 0.547. The summed E-state index contributed by atoms with van der Waals surface area (Å²) in [5, 5.41) is 6.00. The van der Waals surface area contributed by atoms with Gasteiger partial charge < -0.3 is 10.1 Å². The molecule has 0 spiro atoms. The van der Waals surface area contributed by atoms with Crippen molar-refractivity contribution in [1.29, 1.82) is 0 Å². The second kappa shape index (κ2) is 10.1. The molecule has 10 heteroatoms. The van der Waals surface area contributed by atoms with Crippen molar-refractivity contribution in [1.82, 2.24) is 14.6 Å². The summed E-state index contributed by atoms with van der Waals surface area (Å²) >= 11 is 7.65. The van der Waals surface area contributed by atoms with E-state index in [-0.39, 0.29) is 23.8 Å². The van der Waals surface area contributed by atoms with Gasteiger partial charge in [-0.25, -0.2) is 13.4 Å². The fourth-order valence-corrected chi connectivity index (χ4v) is 6.16. The van der Waals surface area contributed by atoms with Crippen molar-refractivity contribution < 1.29 is 17.9 Å². The SMILES string of the molecule is O=C(Cc1csc(-c2ccccc2Cl)n1)NCc1ccccc1S(=O)(=O)N1CCOCC1. The molecule has 1 fully saturated rings. The van der Waals surface area contributed by atoms with Crippen molar-refractivity contribution in [3.63, 3.8) is 0 Å². The number of carbonyl (C=O) groups is 1. The van der Waals surface area contributed by atoms with Gasteiger partial charge in [0.05, 0.1) is 35.2 Å². The van der Waals surface area contributed by atoms with Gasteiger partial charge in [-0.15, -0.1) is 11.3 Å². The number of hydrogen-bond acceptors (Lipinski definition) is 6. The Kier molecular flexibility index (Phi) is 7.22. The molecule has 3 aromatic rings. The third-order valence-electron chi connectivity index (χ3n) is 5.03. The molecule has 32 heavy (non-hydrogen) atoms. The molecule has 168 valence electrons. The fraction of sp³-hybridized carbons (Fsp3) is 0.273. The van der Waals surface area contributed by atoms with Gasteiger partial charge in [0.2, 0.25) is 15.9 Å². The third-order valence-corrected chi connectivity index (χ3v) is 8.29. The van der Waals surface area contributed by atoms with E-state index in [9.17, 15) is 13.2 Å². The summed E-state index contributed by atoms with van der Waals surface area (Å²) in [4.78, 5) is 17.2. The van der Waals surface area contributed by atoms with Crippen LogP contribution in [-0.2, 0) is 32.5 Å². The largest absolute Gasteiger partial charge is 0.379 e. The fourth-order valence-electron chi connectivity index (χ4n) is 3.39. The molecule has 4 rings (SSSR count). The van der Waals surface area contributed by atoms with Crippen LogP contribution in [0.1, 0.15) is 11.3 Å². The van der Waals surface area contributed by atoms with Crippen molar-refractivity contribution in [2.24, 2.45) is 0 Å². The predicted molar refractivity (Wildman–Crippen MR) is 124 cm³/mol. The standard InChI is InChI=1S/C22H22ClN3O4S2/c23-19-7-3-2-6-18(19)22-25-17(15-31-22)13-21(27)24-14-16-5-1-4-8-20(16)32(28,29)26-9-11-30-12-10-26/h1-8,15H,9-14H2,(H,24,27). The van der Waals surface area contributed by atoms with Gasteiger partial charge in [-0.2, -0.15) is 4.31 Å². The normalized spacial score (nSPS) is 14.9. The Morgan fingerprint density at radius 1 is 1.12 bits per heavy atom. The zero-order valence-electron chi connectivity index (χ0n) is 17.2. The lowest BCUT2D eigenvalue weighted by Crippen LogP contribution is -2.41. The number of ether oxygens (including phenoxy) is 1. The number of rotatable bonds is 7. The first-order valence-corrected chi connectivity index (χ1v) is 12.8. The molecule has 1 N–H and O–H groups in total. The Morgan fingerprint density at radius 3 is 2.62 bits per heavy atom. The number of aromatic nitrogens is 1. The van der Waals surface area contributed by atoms with Crippen LogP contribution in [0.4, 0.5) is 0 Å². The summed E-state index contributed by atoms with van der Waals surface area (Å²) in [6.45, 7) is 1.51. The van der Waals surface area contributed by atoms with Crippen LogP contribution in [0.2, 0.25) is 5.02 Å². The number of thiazole rings is 1. The minimum Gasteiger partial charge on any atom is -0.379 e. The first kappa shape index (κ1) is 22.9. The van der Waals surface area contributed by atoms with E-state index < -0.39 is 10.0 Å². The van der Waals surface area contributed by atoms with Gasteiger partial charge in [0, 0.05) is 30.6 Å².